The fourth-order valence-electron chi connectivity index (χ4n) is 2.32. The van der Waals surface area contributed by atoms with Crippen molar-refractivity contribution in [1.82, 2.24) is 4.72 Å². The van der Waals surface area contributed by atoms with Crippen molar-refractivity contribution in [3.05, 3.63) is 35.4 Å². The van der Waals surface area contributed by atoms with Crippen molar-refractivity contribution >= 4 is 10.0 Å². The molecule has 1 fully saturated rings. The number of nitrogens with one attached hydrogen (secondary N) is 1. The molecule has 0 unspecified atom stereocenters. The zero-order chi connectivity index (χ0) is 15.3. The Bertz CT molecular complexity index is 551. The van der Waals surface area contributed by atoms with Gasteiger partial charge >= 0.3 is 0 Å². The summed E-state index contributed by atoms with van der Waals surface area (Å²) in [4.78, 5) is 0. The average molecular weight is 312 g/mol. The van der Waals surface area contributed by atoms with Crippen LogP contribution in [0.1, 0.15) is 30.4 Å². The van der Waals surface area contributed by atoms with Gasteiger partial charge in [-0.05, 0) is 35.8 Å². The lowest BCUT2D eigenvalue weighted by Crippen LogP contribution is -2.31. The van der Waals surface area contributed by atoms with E-state index in [1.54, 1.807) is 7.11 Å². The molecule has 0 amide bonds. The maximum atomic E-state index is 12.1. The average Bonchev–Trinajstić information content (AvgIpc) is 3.24. The Morgan fingerprint density at radius 3 is 2.38 bits per heavy atom. The van der Waals surface area contributed by atoms with Crippen LogP contribution in [-0.4, -0.2) is 28.7 Å². The van der Waals surface area contributed by atoms with Crippen molar-refractivity contribution in [1.29, 1.82) is 0 Å². The highest BCUT2D eigenvalue weighted by Gasteiger charge is 2.42. The van der Waals surface area contributed by atoms with Gasteiger partial charge in [0.05, 0.1) is 5.75 Å². The number of benzene rings is 1. The molecule has 1 saturated carbocycles. The van der Waals surface area contributed by atoms with Gasteiger partial charge in [-0.25, -0.2) is 13.1 Å². The number of ether oxygens (including phenoxy) is 1. The van der Waals surface area contributed by atoms with E-state index in [0.29, 0.717) is 19.7 Å². The monoisotopic (exact) mass is 312 g/mol. The second-order valence-electron chi connectivity index (χ2n) is 5.84. The molecule has 1 aromatic carbocycles. The van der Waals surface area contributed by atoms with Gasteiger partial charge in [0.2, 0.25) is 10.0 Å². The second-order valence-corrected chi connectivity index (χ2v) is 7.65. The molecule has 0 heterocycles. The van der Waals surface area contributed by atoms with Gasteiger partial charge in [0.25, 0.3) is 0 Å². The third-order valence-electron chi connectivity index (χ3n) is 4.08. The summed E-state index contributed by atoms with van der Waals surface area (Å²) in [6.07, 6.45) is 3.06. The van der Waals surface area contributed by atoms with Crippen molar-refractivity contribution in [3.63, 3.8) is 0 Å². The lowest BCUT2D eigenvalue weighted by atomic mass is 10.0. The van der Waals surface area contributed by atoms with E-state index in [1.807, 2.05) is 24.3 Å². The van der Waals surface area contributed by atoms with Crippen molar-refractivity contribution < 1.29 is 13.2 Å². The minimum absolute atomic E-state index is 0.0121. The summed E-state index contributed by atoms with van der Waals surface area (Å²) in [5.41, 5.74) is 7.43. The van der Waals surface area contributed by atoms with E-state index in [1.165, 1.54) is 0 Å². The molecule has 2 rings (SSSR count). The number of rotatable bonds is 9. The molecule has 0 atom stereocenters. The summed E-state index contributed by atoms with van der Waals surface area (Å²) in [7, 11) is -1.62. The highest BCUT2D eigenvalue weighted by Crippen LogP contribution is 2.48. The van der Waals surface area contributed by atoms with Crippen LogP contribution in [0.25, 0.3) is 0 Å². The van der Waals surface area contributed by atoms with E-state index < -0.39 is 10.0 Å². The van der Waals surface area contributed by atoms with Gasteiger partial charge in [0.1, 0.15) is 0 Å². The summed E-state index contributed by atoms with van der Waals surface area (Å²) < 4.78 is 32.1. The first-order valence-electron chi connectivity index (χ1n) is 7.23. The molecule has 118 valence electrons. The molecule has 21 heavy (non-hydrogen) atoms. The Morgan fingerprint density at radius 1 is 1.24 bits per heavy atom. The summed E-state index contributed by atoms with van der Waals surface area (Å²) in [5, 5.41) is 0. The third-order valence-corrected chi connectivity index (χ3v) is 5.37. The van der Waals surface area contributed by atoms with Gasteiger partial charge in [0.15, 0.2) is 0 Å². The molecule has 1 aliphatic rings. The number of nitrogens with two attached hydrogens (primary N) is 1. The smallest absolute Gasteiger partial charge is 0.215 e. The van der Waals surface area contributed by atoms with E-state index in [4.69, 9.17) is 10.5 Å². The van der Waals surface area contributed by atoms with Crippen LogP contribution in [-0.2, 0) is 27.1 Å². The topological polar surface area (TPSA) is 81.4 Å². The molecular weight excluding hydrogens is 288 g/mol. The van der Waals surface area contributed by atoms with Crippen molar-refractivity contribution in [2.24, 2.45) is 11.1 Å². The molecule has 0 bridgehead atoms. The first-order valence-corrected chi connectivity index (χ1v) is 8.88. The largest absolute Gasteiger partial charge is 0.385 e. The highest BCUT2D eigenvalue weighted by molar-refractivity contribution is 7.88. The van der Waals surface area contributed by atoms with Gasteiger partial charge in [-0.1, -0.05) is 24.3 Å². The first kappa shape index (κ1) is 16.4. The van der Waals surface area contributed by atoms with Gasteiger partial charge in [-0.2, -0.15) is 0 Å². The lowest BCUT2D eigenvalue weighted by molar-refractivity contribution is 0.173. The molecule has 5 nitrogen and oxygen atoms in total. The Labute approximate surface area is 126 Å². The fraction of sp³-hybridized carbons (Fsp3) is 0.600. The zero-order valence-corrected chi connectivity index (χ0v) is 13.3. The van der Waals surface area contributed by atoms with Crippen LogP contribution in [0, 0.1) is 5.41 Å². The molecule has 0 aliphatic heterocycles. The lowest BCUT2D eigenvalue weighted by Gasteiger charge is -2.15. The second kappa shape index (κ2) is 6.87. The maximum Gasteiger partial charge on any atom is 0.215 e. The molecule has 0 aromatic heterocycles. The predicted molar refractivity (Wildman–Crippen MR) is 83.1 cm³/mol. The van der Waals surface area contributed by atoms with E-state index in [2.05, 4.69) is 4.72 Å². The highest BCUT2D eigenvalue weighted by atomic mass is 32.2. The fourth-order valence-corrected chi connectivity index (χ4v) is 3.58. The number of methoxy groups -OCH3 is 1. The van der Waals surface area contributed by atoms with Crippen molar-refractivity contribution in [2.75, 3.05) is 20.3 Å². The molecule has 1 aliphatic carbocycles. The van der Waals surface area contributed by atoms with E-state index in [-0.39, 0.29) is 11.2 Å². The minimum atomic E-state index is -3.29. The predicted octanol–water partition coefficient (Wildman–Crippen LogP) is 1.38. The Kier molecular flexibility index (Phi) is 5.37. The number of hydrogen-bond donors (Lipinski definition) is 2. The van der Waals surface area contributed by atoms with E-state index >= 15 is 0 Å². The molecule has 6 heteroatoms. The molecule has 0 radical (unpaired) electrons. The van der Waals surface area contributed by atoms with Crippen molar-refractivity contribution in [2.45, 2.75) is 31.6 Å². The zero-order valence-electron chi connectivity index (χ0n) is 12.5. The molecule has 0 saturated heterocycles. The minimum Gasteiger partial charge on any atom is -0.385 e. The summed E-state index contributed by atoms with van der Waals surface area (Å²) in [6.45, 7) is 1.66. The first-order chi connectivity index (χ1) is 9.99. The SMILES string of the molecule is COCCC1(CNS(=O)(=O)Cc2ccc(CN)cc2)CC1. The van der Waals surface area contributed by atoms with Gasteiger partial charge in [-0.3, -0.25) is 0 Å². The maximum absolute atomic E-state index is 12.1. The van der Waals surface area contributed by atoms with E-state index in [0.717, 1.165) is 30.4 Å². The Hall–Kier alpha value is -0.950. The van der Waals surface area contributed by atoms with Gasteiger partial charge in [0, 0.05) is 26.8 Å². The standard InChI is InChI=1S/C15H24N2O3S/c1-20-9-8-15(6-7-15)12-17-21(18,19)11-14-4-2-13(10-16)3-5-14/h2-5,17H,6-12,16H2,1H3. The summed E-state index contributed by atoms with van der Waals surface area (Å²) >= 11 is 0. The van der Waals surface area contributed by atoms with Crippen LogP contribution >= 0.6 is 0 Å². The van der Waals surface area contributed by atoms with Crippen LogP contribution in [0.3, 0.4) is 0 Å². The van der Waals surface area contributed by atoms with Crippen LogP contribution < -0.4 is 10.5 Å². The van der Waals surface area contributed by atoms with Crippen LogP contribution in [0.15, 0.2) is 24.3 Å². The third kappa shape index (κ3) is 5.07. The van der Waals surface area contributed by atoms with Crippen LogP contribution in [0.2, 0.25) is 0 Å². The van der Waals surface area contributed by atoms with Gasteiger partial charge < -0.3 is 10.5 Å². The summed E-state index contributed by atoms with van der Waals surface area (Å²) in [6, 6.07) is 7.37. The number of sulfonamides is 1. The van der Waals surface area contributed by atoms with E-state index in [9.17, 15) is 8.42 Å². The Morgan fingerprint density at radius 2 is 1.86 bits per heavy atom. The molecular formula is C15H24N2O3S. The number of hydrogen-bond acceptors (Lipinski definition) is 4. The van der Waals surface area contributed by atoms with Crippen LogP contribution in [0.4, 0.5) is 0 Å². The van der Waals surface area contributed by atoms with Crippen molar-refractivity contribution in [3.8, 4) is 0 Å². The Balaban J connectivity index is 1.86. The van der Waals surface area contributed by atoms with Crippen LogP contribution in [0.5, 0.6) is 0 Å². The molecule has 1 aromatic rings. The molecule has 3 N–H and O–H groups in total. The molecule has 0 spiro atoms. The summed E-state index contributed by atoms with van der Waals surface area (Å²) in [5.74, 6) is 0.0121. The normalized spacial score (nSPS) is 16.9. The quantitative estimate of drug-likeness (QED) is 0.722. The van der Waals surface area contributed by atoms with Gasteiger partial charge in [-0.15, -0.1) is 0 Å².